The van der Waals surface area contributed by atoms with Crippen molar-refractivity contribution in [1.82, 2.24) is 0 Å². The van der Waals surface area contributed by atoms with E-state index in [0.29, 0.717) is 0 Å². The second kappa shape index (κ2) is 13.6. The van der Waals surface area contributed by atoms with Crippen LogP contribution in [0, 0.1) is 0 Å². The van der Waals surface area contributed by atoms with Gasteiger partial charge in [-0.3, -0.25) is 0 Å². The number of hydrogen-bond acceptors (Lipinski definition) is 1. The Morgan fingerprint density at radius 1 is 0.673 bits per heavy atom. The molecule has 0 atom stereocenters. The molecule has 248 valence electrons. The average molecular weight is 662 g/mol. The first-order valence-electron chi connectivity index (χ1n) is 18.1. The third-order valence-electron chi connectivity index (χ3n) is 10.9. The monoisotopic (exact) mass is 661 g/mol. The average Bonchev–Trinajstić information content (AvgIpc) is 3.49. The van der Waals surface area contributed by atoms with Crippen molar-refractivity contribution in [3.8, 4) is 0 Å². The van der Waals surface area contributed by atoms with E-state index in [2.05, 4.69) is 185 Å². The second-order valence-corrected chi connectivity index (χ2v) is 16.6. The van der Waals surface area contributed by atoms with Gasteiger partial charge < -0.3 is 4.90 Å². The van der Waals surface area contributed by atoms with Crippen LogP contribution in [-0.4, -0.2) is 23.4 Å². The van der Waals surface area contributed by atoms with Crippen LogP contribution in [0.3, 0.4) is 0 Å². The van der Waals surface area contributed by atoms with Gasteiger partial charge in [0.05, 0.1) is 5.41 Å². The number of anilines is 1. The van der Waals surface area contributed by atoms with Gasteiger partial charge in [0.25, 0.3) is 0 Å². The molecule has 0 radical (unpaired) electrons. The number of nitrogens with zero attached hydrogens (tertiary/aromatic N) is 2. The quantitative estimate of drug-likeness (QED) is 0.135. The van der Waals surface area contributed by atoms with Crippen molar-refractivity contribution in [2.75, 3.05) is 18.0 Å². The van der Waals surface area contributed by atoms with Crippen LogP contribution in [-0.2, 0) is 10.8 Å². The highest BCUT2D eigenvalue weighted by Gasteiger charge is 2.44. The molecule has 3 aliphatic rings. The lowest BCUT2D eigenvalue weighted by Crippen LogP contribution is -2.27. The van der Waals surface area contributed by atoms with Crippen molar-refractivity contribution in [3.63, 3.8) is 0 Å². The SMILES string of the molecule is CCN1/C(=C\C=C2/CCCC(/C=C/C3=[N+](CC)c4ccccc4C3(C)C)=C2P(c2ccccc2)c2ccccc2)C(C)(C)c2ccccc21. The van der Waals surface area contributed by atoms with Crippen molar-refractivity contribution in [2.45, 2.75) is 71.6 Å². The van der Waals surface area contributed by atoms with E-state index in [-0.39, 0.29) is 10.8 Å². The Balaban J connectivity index is 1.42. The fourth-order valence-electron chi connectivity index (χ4n) is 8.41. The summed E-state index contributed by atoms with van der Waals surface area (Å²) in [6.07, 6.45) is 13.2. The molecule has 4 aromatic rings. The topological polar surface area (TPSA) is 6.25 Å². The Hall–Kier alpha value is -4.26. The molecule has 3 heteroatoms. The highest BCUT2D eigenvalue weighted by Crippen LogP contribution is 2.53. The maximum Gasteiger partial charge on any atom is 0.209 e. The van der Waals surface area contributed by atoms with Crippen LogP contribution >= 0.6 is 7.92 Å². The Morgan fingerprint density at radius 2 is 1.29 bits per heavy atom. The first-order chi connectivity index (χ1) is 23.8. The summed E-state index contributed by atoms with van der Waals surface area (Å²) in [7, 11) is -0.771. The third kappa shape index (κ3) is 5.89. The summed E-state index contributed by atoms with van der Waals surface area (Å²) in [5.41, 5.74) is 11.1. The van der Waals surface area contributed by atoms with E-state index in [4.69, 9.17) is 0 Å². The van der Waals surface area contributed by atoms with Crippen molar-refractivity contribution in [1.29, 1.82) is 0 Å². The van der Waals surface area contributed by atoms with E-state index in [0.717, 1.165) is 32.4 Å². The summed E-state index contributed by atoms with van der Waals surface area (Å²) >= 11 is 0. The molecule has 1 aliphatic carbocycles. The van der Waals surface area contributed by atoms with E-state index >= 15 is 0 Å². The fourth-order valence-corrected chi connectivity index (χ4v) is 11.1. The molecule has 0 unspecified atom stereocenters. The summed E-state index contributed by atoms with van der Waals surface area (Å²) in [4.78, 5) is 2.52. The van der Waals surface area contributed by atoms with Gasteiger partial charge >= 0.3 is 0 Å². The van der Waals surface area contributed by atoms with Crippen LogP contribution in [0.5, 0.6) is 0 Å². The van der Waals surface area contributed by atoms with E-state index in [9.17, 15) is 0 Å². The van der Waals surface area contributed by atoms with Crippen LogP contribution in [0.15, 0.2) is 156 Å². The second-order valence-electron chi connectivity index (χ2n) is 14.5. The number of fused-ring (bicyclic) bond motifs is 2. The molecule has 0 fully saturated rings. The van der Waals surface area contributed by atoms with Crippen LogP contribution in [0.25, 0.3) is 0 Å². The van der Waals surface area contributed by atoms with Gasteiger partial charge in [-0.2, -0.15) is 4.58 Å². The minimum atomic E-state index is -0.771. The summed E-state index contributed by atoms with van der Waals surface area (Å²) < 4.78 is 2.52. The van der Waals surface area contributed by atoms with Gasteiger partial charge in [-0.25, -0.2) is 0 Å². The Labute approximate surface area is 295 Å². The van der Waals surface area contributed by atoms with Gasteiger partial charge in [0.2, 0.25) is 5.69 Å². The third-order valence-corrected chi connectivity index (χ3v) is 13.5. The van der Waals surface area contributed by atoms with Crippen molar-refractivity contribution < 1.29 is 4.58 Å². The molecule has 0 saturated heterocycles. The number of benzene rings is 4. The minimum Gasteiger partial charge on any atom is -0.344 e. The molecule has 7 rings (SSSR count). The maximum absolute atomic E-state index is 2.52. The molecule has 0 spiro atoms. The van der Waals surface area contributed by atoms with E-state index in [1.54, 1.807) is 0 Å². The first kappa shape index (κ1) is 33.2. The smallest absolute Gasteiger partial charge is 0.209 e. The number of allylic oxidation sites excluding steroid dienone is 8. The normalized spacial score (nSPS) is 19.9. The molecule has 0 N–H and O–H groups in total. The summed E-state index contributed by atoms with van der Waals surface area (Å²) in [6, 6.07) is 40.4. The van der Waals surface area contributed by atoms with E-state index in [1.165, 1.54) is 61.0 Å². The lowest BCUT2D eigenvalue weighted by atomic mass is 9.81. The first-order valence-corrected chi connectivity index (χ1v) is 19.5. The molecule has 4 aromatic carbocycles. The Morgan fingerprint density at radius 3 is 1.94 bits per heavy atom. The van der Waals surface area contributed by atoms with E-state index in [1.807, 2.05) is 0 Å². The standard InChI is InChI=1S/C46H50N2P/c1-7-47-40-28-17-15-26-38(40)45(3,4)42(47)32-30-34-20-19-21-35(31-33-43-46(5,6)39-27-16-18-29-41(39)48(43)8-2)44(34)49(36-22-11-9-12-23-36)37-24-13-10-14-25-37/h9-18,22-33H,7-8,19-21H2,1-6H3/q+1. The molecule has 2 nitrogen and oxygen atoms in total. The van der Waals surface area contributed by atoms with Gasteiger partial charge in [0.15, 0.2) is 5.71 Å². The van der Waals surface area contributed by atoms with Crippen LogP contribution in [0.1, 0.15) is 71.9 Å². The highest BCUT2D eigenvalue weighted by atomic mass is 31.1. The van der Waals surface area contributed by atoms with E-state index < -0.39 is 7.92 Å². The van der Waals surface area contributed by atoms with Crippen molar-refractivity contribution in [2.24, 2.45) is 0 Å². The Kier molecular flexibility index (Phi) is 9.21. The highest BCUT2D eigenvalue weighted by molar-refractivity contribution is 7.77. The zero-order valence-electron chi connectivity index (χ0n) is 30.1. The lowest BCUT2D eigenvalue weighted by molar-refractivity contribution is -0.433. The zero-order chi connectivity index (χ0) is 34.2. The maximum atomic E-state index is 2.52. The molecule has 2 heterocycles. The summed E-state index contributed by atoms with van der Waals surface area (Å²) in [5.74, 6) is 0. The molecular formula is C46H50N2P+. The predicted molar refractivity (Wildman–Crippen MR) is 213 cm³/mol. The summed E-state index contributed by atoms with van der Waals surface area (Å²) in [6.45, 7) is 16.0. The minimum absolute atomic E-state index is 0.0577. The predicted octanol–water partition coefficient (Wildman–Crippen LogP) is 10.8. The van der Waals surface area contributed by atoms with Crippen LogP contribution in [0.2, 0.25) is 0 Å². The fraction of sp³-hybridized carbons (Fsp3) is 0.283. The molecule has 0 saturated carbocycles. The zero-order valence-corrected chi connectivity index (χ0v) is 31.0. The van der Waals surface area contributed by atoms with Gasteiger partial charge in [0, 0.05) is 41.1 Å². The van der Waals surface area contributed by atoms with Crippen LogP contribution < -0.4 is 15.5 Å². The van der Waals surface area contributed by atoms with Gasteiger partial charge in [-0.05, 0) is 99.7 Å². The Bertz CT molecular complexity index is 1970. The summed E-state index contributed by atoms with van der Waals surface area (Å²) in [5, 5.41) is 4.34. The van der Waals surface area contributed by atoms with Gasteiger partial charge in [-0.1, -0.05) is 123 Å². The molecule has 49 heavy (non-hydrogen) atoms. The van der Waals surface area contributed by atoms with Crippen molar-refractivity contribution in [3.05, 3.63) is 167 Å². The molecular weight excluding hydrogens is 611 g/mol. The van der Waals surface area contributed by atoms with Gasteiger partial charge in [-0.15, -0.1) is 0 Å². The molecule has 2 aliphatic heterocycles. The van der Waals surface area contributed by atoms with Gasteiger partial charge in [0.1, 0.15) is 6.54 Å². The molecule has 0 bridgehead atoms. The lowest BCUT2D eigenvalue weighted by Gasteiger charge is -2.30. The van der Waals surface area contributed by atoms with Crippen molar-refractivity contribution >= 4 is 35.6 Å². The number of hydrogen-bond donors (Lipinski definition) is 0. The largest absolute Gasteiger partial charge is 0.344 e. The number of para-hydroxylation sites is 2. The number of likely N-dealkylation sites (N-methyl/N-ethyl adjacent to an activating group) is 1. The molecule has 0 amide bonds. The number of rotatable bonds is 8. The molecule has 0 aromatic heterocycles. The van der Waals surface area contributed by atoms with Crippen LogP contribution in [0.4, 0.5) is 11.4 Å².